The molecule has 0 aliphatic heterocycles. The molecule has 104 valence electrons. The van der Waals surface area contributed by atoms with Gasteiger partial charge in [-0.05, 0) is 35.9 Å². The van der Waals surface area contributed by atoms with E-state index in [9.17, 15) is 9.18 Å². The second-order valence-corrected chi connectivity index (χ2v) is 4.60. The molecule has 2 rings (SSSR count). The maximum atomic E-state index is 13.2. The minimum atomic E-state index is -0.750. The monoisotopic (exact) mass is 293 g/mol. The highest BCUT2D eigenvalue weighted by Crippen LogP contribution is 2.23. The molecule has 0 bridgehead atoms. The number of nitrogens with one attached hydrogen (secondary N) is 1. The molecule has 5 heteroatoms. The van der Waals surface area contributed by atoms with Crippen LogP contribution in [-0.2, 0) is 9.53 Å². The summed E-state index contributed by atoms with van der Waals surface area (Å²) in [5.41, 5.74) is 1.13. The summed E-state index contributed by atoms with van der Waals surface area (Å²) in [6, 6.07) is 12.0. The normalized spacial score (nSPS) is 11.8. The number of hydrogen-bond acceptors (Lipinski definition) is 3. The van der Waals surface area contributed by atoms with Crippen molar-refractivity contribution in [3.63, 3.8) is 0 Å². The zero-order valence-electron chi connectivity index (χ0n) is 10.8. The summed E-state index contributed by atoms with van der Waals surface area (Å²) >= 11 is 5.93. The molecule has 2 aromatic carbocycles. The van der Waals surface area contributed by atoms with E-state index >= 15 is 0 Å². The number of carbonyl (C=O) groups excluding carboxylic acids is 1. The summed E-state index contributed by atoms with van der Waals surface area (Å²) in [4.78, 5) is 11.9. The minimum Gasteiger partial charge on any atom is -0.467 e. The SMILES string of the molecule is COC(=O)C(Nc1cccc(F)c1)c1cccc(Cl)c1. The first-order valence-corrected chi connectivity index (χ1v) is 6.33. The Balaban J connectivity index is 2.31. The summed E-state index contributed by atoms with van der Waals surface area (Å²) < 4.78 is 18.0. The van der Waals surface area contributed by atoms with Crippen LogP contribution in [-0.4, -0.2) is 13.1 Å². The average Bonchev–Trinajstić information content (AvgIpc) is 2.44. The van der Waals surface area contributed by atoms with Crippen LogP contribution in [0.1, 0.15) is 11.6 Å². The van der Waals surface area contributed by atoms with Gasteiger partial charge in [0.25, 0.3) is 0 Å². The molecule has 1 atom stereocenters. The van der Waals surface area contributed by atoms with Gasteiger partial charge in [0.05, 0.1) is 7.11 Å². The van der Waals surface area contributed by atoms with Crippen molar-refractivity contribution < 1.29 is 13.9 Å². The van der Waals surface area contributed by atoms with Crippen LogP contribution in [0, 0.1) is 5.82 Å². The molecule has 20 heavy (non-hydrogen) atoms. The fourth-order valence-electron chi connectivity index (χ4n) is 1.83. The van der Waals surface area contributed by atoms with Crippen molar-refractivity contribution in [1.82, 2.24) is 0 Å². The first-order valence-electron chi connectivity index (χ1n) is 5.95. The number of hydrogen-bond donors (Lipinski definition) is 1. The number of rotatable bonds is 4. The maximum Gasteiger partial charge on any atom is 0.332 e. The Morgan fingerprint density at radius 1 is 1.25 bits per heavy atom. The number of benzene rings is 2. The van der Waals surface area contributed by atoms with Crippen LogP contribution >= 0.6 is 11.6 Å². The van der Waals surface area contributed by atoms with Crippen LogP contribution in [0.5, 0.6) is 0 Å². The van der Waals surface area contributed by atoms with Gasteiger partial charge in [0.15, 0.2) is 6.04 Å². The Labute approximate surface area is 121 Å². The minimum absolute atomic E-state index is 0.385. The van der Waals surface area contributed by atoms with Gasteiger partial charge in [-0.2, -0.15) is 0 Å². The Kier molecular flexibility index (Phi) is 4.58. The van der Waals surface area contributed by atoms with E-state index < -0.39 is 12.0 Å². The molecule has 0 radical (unpaired) electrons. The van der Waals surface area contributed by atoms with Crippen molar-refractivity contribution in [3.05, 3.63) is 64.9 Å². The van der Waals surface area contributed by atoms with Gasteiger partial charge in [-0.3, -0.25) is 0 Å². The summed E-state index contributed by atoms with van der Waals surface area (Å²) in [6.07, 6.45) is 0. The lowest BCUT2D eigenvalue weighted by Crippen LogP contribution is -2.22. The quantitative estimate of drug-likeness (QED) is 0.871. The molecule has 0 aliphatic rings. The fraction of sp³-hybridized carbons (Fsp3) is 0.133. The van der Waals surface area contributed by atoms with Gasteiger partial charge in [-0.15, -0.1) is 0 Å². The molecular formula is C15H13ClFNO2. The highest BCUT2D eigenvalue weighted by molar-refractivity contribution is 6.30. The molecule has 0 spiro atoms. The second-order valence-electron chi connectivity index (χ2n) is 4.17. The van der Waals surface area contributed by atoms with Gasteiger partial charge < -0.3 is 10.1 Å². The van der Waals surface area contributed by atoms with Gasteiger partial charge >= 0.3 is 5.97 Å². The van der Waals surface area contributed by atoms with Crippen molar-refractivity contribution in [2.24, 2.45) is 0 Å². The van der Waals surface area contributed by atoms with Gasteiger partial charge in [0.2, 0.25) is 0 Å². The van der Waals surface area contributed by atoms with E-state index in [1.807, 2.05) is 0 Å². The van der Waals surface area contributed by atoms with Gasteiger partial charge in [-0.25, -0.2) is 9.18 Å². The number of anilines is 1. The van der Waals surface area contributed by atoms with Crippen molar-refractivity contribution in [3.8, 4) is 0 Å². The van der Waals surface area contributed by atoms with E-state index in [-0.39, 0.29) is 5.82 Å². The Morgan fingerprint density at radius 2 is 2.00 bits per heavy atom. The lowest BCUT2D eigenvalue weighted by molar-refractivity contribution is -0.141. The van der Waals surface area contributed by atoms with E-state index in [1.165, 1.54) is 19.2 Å². The zero-order valence-corrected chi connectivity index (χ0v) is 11.5. The molecular weight excluding hydrogens is 281 g/mol. The first-order chi connectivity index (χ1) is 9.60. The molecule has 0 amide bonds. The average molecular weight is 294 g/mol. The van der Waals surface area contributed by atoms with Gasteiger partial charge in [0, 0.05) is 10.7 Å². The zero-order chi connectivity index (χ0) is 14.5. The molecule has 1 unspecified atom stereocenters. The number of carbonyl (C=O) groups is 1. The molecule has 0 saturated carbocycles. The highest BCUT2D eigenvalue weighted by atomic mass is 35.5. The molecule has 0 heterocycles. The summed E-state index contributed by atoms with van der Waals surface area (Å²) in [7, 11) is 1.30. The number of methoxy groups -OCH3 is 1. The topological polar surface area (TPSA) is 38.3 Å². The van der Waals surface area contributed by atoms with Crippen LogP contribution in [0.3, 0.4) is 0 Å². The number of ether oxygens (including phenoxy) is 1. The largest absolute Gasteiger partial charge is 0.467 e. The Bertz CT molecular complexity index is 618. The predicted octanol–water partition coefficient (Wildman–Crippen LogP) is 3.81. The molecule has 0 aromatic heterocycles. The third kappa shape index (κ3) is 3.48. The maximum absolute atomic E-state index is 13.2. The van der Waals surface area contributed by atoms with Crippen LogP contribution in [0.15, 0.2) is 48.5 Å². The molecule has 0 fully saturated rings. The molecule has 1 N–H and O–H groups in total. The van der Waals surface area contributed by atoms with Gasteiger partial charge in [0.1, 0.15) is 5.82 Å². The van der Waals surface area contributed by atoms with E-state index in [0.717, 1.165) is 0 Å². The molecule has 3 nitrogen and oxygen atoms in total. The van der Waals surface area contributed by atoms with Gasteiger partial charge in [-0.1, -0.05) is 29.8 Å². The van der Waals surface area contributed by atoms with E-state index in [2.05, 4.69) is 5.32 Å². The molecule has 0 saturated heterocycles. The third-order valence-corrected chi connectivity index (χ3v) is 2.99. The van der Waals surface area contributed by atoms with Crippen LogP contribution in [0.2, 0.25) is 5.02 Å². The van der Waals surface area contributed by atoms with Crippen molar-refractivity contribution in [2.45, 2.75) is 6.04 Å². The smallest absolute Gasteiger partial charge is 0.332 e. The standard InChI is InChI=1S/C15H13ClFNO2/c1-20-15(19)14(10-4-2-5-11(16)8-10)18-13-7-3-6-12(17)9-13/h2-9,14,18H,1H3. The third-order valence-electron chi connectivity index (χ3n) is 2.75. The molecule has 0 aliphatic carbocycles. The molecule has 2 aromatic rings. The Morgan fingerprint density at radius 3 is 2.65 bits per heavy atom. The van der Waals surface area contributed by atoms with E-state index in [0.29, 0.717) is 16.3 Å². The number of esters is 1. The Hall–Kier alpha value is -2.07. The first kappa shape index (κ1) is 14.3. The second kappa shape index (κ2) is 6.39. The van der Waals surface area contributed by atoms with Crippen molar-refractivity contribution >= 4 is 23.3 Å². The van der Waals surface area contributed by atoms with Crippen LogP contribution in [0.25, 0.3) is 0 Å². The summed E-state index contributed by atoms with van der Waals surface area (Å²) in [5.74, 6) is -0.860. The summed E-state index contributed by atoms with van der Waals surface area (Å²) in [5, 5.41) is 3.45. The summed E-state index contributed by atoms with van der Waals surface area (Å²) in [6.45, 7) is 0. The van der Waals surface area contributed by atoms with Crippen molar-refractivity contribution in [1.29, 1.82) is 0 Å². The number of halogens is 2. The van der Waals surface area contributed by atoms with Crippen LogP contribution in [0.4, 0.5) is 10.1 Å². The lowest BCUT2D eigenvalue weighted by Gasteiger charge is -2.18. The predicted molar refractivity (Wildman–Crippen MR) is 76.2 cm³/mol. The van der Waals surface area contributed by atoms with E-state index in [1.54, 1.807) is 36.4 Å². The fourth-order valence-corrected chi connectivity index (χ4v) is 2.03. The lowest BCUT2D eigenvalue weighted by atomic mass is 10.1. The van der Waals surface area contributed by atoms with Crippen LogP contribution < -0.4 is 5.32 Å². The van der Waals surface area contributed by atoms with E-state index in [4.69, 9.17) is 16.3 Å². The van der Waals surface area contributed by atoms with Crippen molar-refractivity contribution in [2.75, 3.05) is 12.4 Å². The highest BCUT2D eigenvalue weighted by Gasteiger charge is 2.21.